The van der Waals surface area contributed by atoms with Crippen molar-refractivity contribution in [3.05, 3.63) is 71.2 Å². The summed E-state index contributed by atoms with van der Waals surface area (Å²) in [6, 6.07) is 20.1. The first-order valence-corrected chi connectivity index (χ1v) is 6.89. The second-order valence-electron chi connectivity index (χ2n) is 4.86. The van der Waals surface area contributed by atoms with Gasteiger partial charge in [-0.15, -0.1) is 0 Å². The second kappa shape index (κ2) is 4.43. The SMILES string of the molecule is Clc1ccc2ccc3c(c2c1)NC(c1ccccc1)O3. The largest absolute Gasteiger partial charge is 0.464 e. The fourth-order valence-corrected chi connectivity index (χ4v) is 2.76. The maximum absolute atomic E-state index is 6.11. The molecule has 1 unspecified atom stereocenters. The predicted octanol–water partition coefficient (Wildman–Crippen LogP) is 5.00. The van der Waals surface area contributed by atoms with Crippen LogP contribution < -0.4 is 10.1 Å². The Morgan fingerprint density at radius 3 is 2.60 bits per heavy atom. The van der Waals surface area contributed by atoms with Gasteiger partial charge in [-0.2, -0.15) is 0 Å². The van der Waals surface area contributed by atoms with Gasteiger partial charge in [-0.05, 0) is 23.6 Å². The molecule has 3 aromatic rings. The van der Waals surface area contributed by atoms with Crippen LogP contribution in [0.5, 0.6) is 5.75 Å². The van der Waals surface area contributed by atoms with Crippen molar-refractivity contribution in [3.8, 4) is 5.75 Å². The minimum Gasteiger partial charge on any atom is -0.464 e. The molecule has 1 aliphatic heterocycles. The highest BCUT2D eigenvalue weighted by Crippen LogP contribution is 2.43. The summed E-state index contributed by atoms with van der Waals surface area (Å²) in [5.41, 5.74) is 2.12. The van der Waals surface area contributed by atoms with Crippen molar-refractivity contribution < 1.29 is 4.74 Å². The average Bonchev–Trinajstić information content (AvgIpc) is 2.93. The van der Waals surface area contributed by atoms with Gasteiger partial charge in [0.2, 0.25) is 0 Å². The lowest BCUT2D eigenvalue weighted by molar-refractivity contribution is 0.260. The quantitative estimate of drug-likeness (QED) is 0.678. The molecule has 1 aliphatic rings. The van der Waals surface area contributed by atoms with Crippen LogP contribution in [-0.4, -0.2) is 0 Å². The van der Waals surface area contributed by atoms with Crippen LogP contribution in [0.4, 0.5) is 5.69 Å². The maximum atomic E-state index is 6.11. The van der Waals surface area contributed by atoms with E-state index in [2.05, 4.69) is 23.5 Å². The number of halogens is 1. The number of benzene rings is 3. The zero-order chi connectivity index (χ0) is 13.5. The van der Waals surface area contributed by atoms with Crippen molar-refractivity contribution in [1.29, 1.82) is 0 Å². The Morgan fingerprint density at radius 1 is 0.950 bits per heavy atom. The minimum atomic E-state index is -0.143. The van der Waals surface area contributed by atoms with Crippen molar-refractivity contribution in [2.45, 2.75) is 6.23 Å². The fourth-order valence-electron chi connectivity index (χ4n) is 2.59. The van der Waals surface area contributed by atoms with Gasteiger partial charge in [0.05, 0.1) is 5.69 Å². The summed E-state index contributed by atoms with van der Waals surface area (Å²) >= 11 is 6.11. The van der Waals surface area contributed by atoms with Crippen LogP contribution in [0.25, 0.3) is 10.8 Å². The van der Waals surface area contributed by atoms with Gasteiger partial charge in [0.1, 0.15) is 5.75 Å². The van der Waals surface area contributed by atoms with Gasteiger partial charge in [-0.25, -0.2) is 0 Å². The molecule has 20 heavy (non-hydrogen) atoms. The molecule has 3 heteroatoms. The number of hydrogen-bond acceptors (Lipinski definition) is 2. The fraction of sp³-hybridized carbons (Fsp3) is 0.0588. The molecule has 3 aromatic carbocycles. The van der Waals surface area contributed by atoms with E-state index >= 15 is 0 Å². The molecule has 0 saturated heterocycles. The van der Waals surface area contributed by atoms with Crippen LogP contribution >= 0.6 is 11.6 Å². The van der Waals surface area contributed by atoms with E-state index in [9.17, 15) is 0 Å². The zero-order valence-corrected chi connectivity index (χ0v) is 11.4. The maximum Gasteiger partial charge on any atom is 0.196 e. The molecule has 0 fully saturated rings. The molecule has 2 nitrogen and oxygen atoms in total. The number of nitrogens with one attached hydrogen (secondary N) is 1. The molecule has 1 N–H and O–H groups in total. The second-order valence-corrected chi connectivity index (χ2v) is 5.29. The van der Waals surface area contributed by atoms with Gasteiger partial charge in [0.25, 0.3) is 0 Å². The summed E-state index contributed by atoms with van der Waals surface area (Å²) in [5, 5.41) is 6.41. The Hall–Kier alpha value is -2.19. The van der Waals surface area contributed by atoms with Gasteiger partial charge in [0, 0.05) is 16.0 Å². The predicted molar refractivity (Wildman–Crippen MR) is 82.4 cm³/mol. The highest BCUT2D eigenvalue weighted by molar-refractivity contribution is 6.31. The average molecular weight is 282 g/mol. The minimum absolute atomic E-state index is 0.143. The Morgan fingerprint density at radius 2 is 1.75 bits per heavy atom. The van der Waals surface area contributed by atoms with E-state index in [0.717, 1.165) is 32.8 Å². The summed E-state index contributed by atoms with van der Waals surface area (Å²) in [5.74, 6) is 0.869. The van der Waals surface area contributed by atoms with Gasteiger partial charge in [0.15, 0.2) is 6.23 Å². The van der Waals surface area contributed by atoms with E-state index in [-0.39, 0.29) is 6.23 Å². The van der Waals surface area contributed by atoms with Crippen LogP contribution in [0, 0.1) is 0 Å². The van der Waals surface area contributed by atoms with E-state index in [1.807, 2.05) is 42.5 Å². The highest BCUT2D eigenvalue weighted by Gasteiger charge is 2.24. The van der Waals surface area contributed by atoms with E-state index in [1.54, 1.807) is 0 Å². The first kappa shape index (κ1) is 11.6. The first-order chi connectivity index (χ1) is 9.81. The van der Waals surface area contributed by atoms with E-state index in [4.69, 9.17) is 16.3 Å². The molecule has 0 bridgehead atoms. The Bertz CT molecular complexity index is 786. The number of hydrogen-bond donors (Lipinski definition) is 1. The van der Waals surface area contributed by atoms with Crippen molar-refractivity contribution in [2.24, 2.45) is 0 Å². The molecule has 0 spiro atoms. The summed E-state index contributed by atoms with van der Waals surface area (Å²) in [4.78, 5) is 0. The van der Waals surface area contributed by atoms with Crippen LogP contribution in [0.2, 0.25) is 5.02 Å². The van der Waals surface area contributed by atoms with Gasteiger partial charge < -0.3 is 10.1 Å². The van der Waals surface area contributed by atoms with Crippen molar-refractivity contribution in [3.63, 3.8) is 0 Å². The number of anilines is 1. The standard InChI is InChI=1S/C17H12ClNO/c18-13-8-6-11-7-9-15-16(14(11)10-13)19-17(20-15)12-4-2-1-3-5-12/h1-10,17,19H. The number of rotatable bonds is 1. The lowest BCUT2D eigenvalue weighted by Crippen LogP contribution is -2.09. The van der Waals surface area contributed by atoms with Gasteiger partial charge >= 0.3 is 0 Å². The molecule has 0 radical (unpaired) electrons. The topological polar surface area (TPSA) is 21.3 Å². The van der Waals surface area contributed by atoms with Crippen LogP contribution in [-0.2, 0) is 0 Å². The molecule has 0 amide bonds. The summed E-state index contributed by atoms with van der Waals surface area (Å²) in [6.07, 6.45) is -0.143. The lowest BCUT2D eigenvalue weighted by Gasteiger charge is -2.11. The van der Waals surface area contributed by atoms with Crippen molar-refractivity contribution in [2.75, 3.05) is 5.32 Å². The molecule has 1 heterocycles. The third-order valence-corrected chi connectivity index (χ3v) is 3.80. The Labute approximate surface area is 121 Å². The van der Waals surface area contributed by atoms with Crippen LogP contribution in [0.15, 0.2) is 60.7 Å². The normalized spacial score (nSPS) is 16.6. The van der Waals surface area contributed by atoms with E-state index in [0.29, 0.717) is 0 Å². The van der Waals surface area contributed by atoms with Crippen LogP contribution in [0.1, 0.15) is 11.8 Å². The third-order valence-electron chi connectivity index (χ3n) is 3.57. The summed E-state index contributed by atoms with van der Waals surface area (Å²) < 4.78 is 5.99. The molecular formula is C17H12ClNO. The monoisotopic (exact) mass is 281 g/mol. The molecule has 0 saturated carbocycles. The van der Waals surface area contributed by atoms with Crippen LogP contribution in [0.3, 0.4) is 0 Å². The van der Waals surface area contributed by atoms with E-state index in [1.165, 1.54) is 0 Å². The number of ether oxygens (including phenoxy) is 1. The molecule has 98 valence electrons. The van der Waals surface area contributed by atoms with Crippen molar-refractivity contribution >= 4 is 28.1 Å². The number of fused-ring (bicyclic) bond motifs is 3. The highest BCUT2D eigenvalue weighted by atomic mass is 35.5. The molecule has 1 atom stereocenters. The molecule has 0 aliphatic carbocycles. The third kappa shape index (κ3) is 1.81. The Balaban J connectivity index is 1.81. The van der Waals surface area contributed by atoms with Gasteiger partial charge in [-0.3, -0.25) is 0 Å². The Kier molecular flexibility index (Phi) is 2.57. The molecule has 0 aromatic heterocycles. The molecular weight excluding hydrogens is 270 g/mol. The summed E-state index contributed by atoms with van der Waals surface area (Å²) in [7, 11) is 0. The molecule has 4 rings (SSSR count). The van der Waals surface area contributed by atoms with E-state index < -0.39 is 0 Å². The zero-order valence-electron chi connectivity index (χ0n) is 10.6. The smallest absolute Gasteiger partial charge is 0.196 e. The first-order valence-electron chi connectivity index (χ1n) is 6.52. The summed E-state index contributed by atoms with van der Waals surface area (Å²) in [6.45, 7) is 0. The van der Waals surface area contributed by atoms with Gasteiger partial charge in [-0.1, -0.05) is 54.1 Å². The lowest BCUT2D eigenvalue weighted by atomic mass is 10.1. The van der Waals surface area contributed by atoms with Crippen molar-refractivity contribution in [1.82, 2.24) is 0 Å².